The van der Waals surface area contributed by atoms with Crippen LogP contribution in [-0.4, -0.2) is 18.2 Å². The van der Waals surface area contributed by atoms with Crippen LogP contribution in [0.3, 0.4) is 0 Å². The van der Waals surface area contributed by atoms with Crippen LogP contribution in [0.15, 0.2) is 40.6 Å². The number of nitroso groups, excluding NO2 is 1. The molecule has 6 unspecified atom stereocenters. The zero-order valence-electron chi connectivity index (χ0n) is 15.7. The maximum absolute atomic E-state index is 11.1. The van der Waals surface area contributed by atoms with Gasteiger partial charge < -0.3 is 4.74 Å². The normalized spacial score (nSPS) is 54.0. The van der Waals surface area contributed by atoms with Gasteiger partial charge in [-0.15, -0.1) is 0 Å². The van der Waals surface area contributed by atoms with Gasteiger partial charge in [-0.1, -0.05) is 42.0 Å². The van der Waals surface area contributed by atoms with Gasteiger partial charge in [-0.25, -0.2) is 0 Å². The largest absolute Gasteiger partial charge is 0.366 e. The maximum Gasteiger partial charge on any atom is 0.0963 e. The van der Waals surface area contributed by atoms with E-state index >= 15 is 0 Å². The van der Waals surface area contributed by atoms with Gasteiger partial charge in [0.15, 0.2) is 0 Å². The van der Waals surface area contributed by atoms with Crippen LogP contribution < -0.4 is 0 Å². The summed E-state index contributed by atoms with van der Waals surface area (Å²) in [6, 6.07) is -0.0181. The second-order valence-corrected chi connectivity index (χ2v) is 10.1. The fourth-order valence-electron chi connectivity index (χ4n) is 8.30. The minimum atomic E-state index is -0.0181. The summed E-state index contributed by atoms with van der Waals surface area (Å²) in [7, 11) is 0. The van der Waals surface area contributed by atoms with Crippen molar-refractivity contribution in [2.45, 2.75) is 63.5 Å². The van der Waals surface area contributed by atoms with E-state index in [1.165, 1.54) is 30.4 Å². The average molecular weight is 351 g/mol. The number of ether oxygens (including phenoxy) is 1. The first-order valence-corrected chi connectivity index (χ1v) is 10.6. The minimum Gasteiger partial charge on any atom is -0.366 e. The van der Waals surface area contributed by atoms with Crippen LogP contribution in [0.4, 0.5) is 0 Å². The molecular formula is C23H29NO2. The van der Waals surface area contributed by atoms with E-state index in [0.29, 0.717) is 5.41 Å². The van der Waals surface area contributed by atoms with Gasteiger partial charge in [-0.2, -0.15) is 4.91 Å². The Kier molecular flexibility index (Phi) is 3.03. The molecule has 0 aromatic rings. The topological polar surface area (TPSA) is 38.7 Å². The second kappa shape index (κ2) is 4.98. The molecule has 3 nitrogen and oxygen atoms in total. The highest BCUT2D eigenvalue weighted by atomic mass is 16.5. The smallest absolute Gasteiger partial charge is 0.0963 e. The molecule has 0 aromatic heterocycles. The molecule has 0 amide bonds. The highest BCUT2D eigenvalue weighted by molar-refractivity contribution is 5.43. The van der Waals surface area contributed by atoms with Crippen molar-refractivity contribution in [1.82, 2.24) is 0 Å². The highest BCUT2D eigenvalue weighted by Crippen LogP contribution is 2.77. The summed E-state index contributed by atoms with van der Waals surface area (Å²) >= 11 is 0. The molecule has 5 aliphatic carbocycles. The lowest BCUT2D eigenvalue weighted by Crippen LogP contribution is -2.53. The Morgan fingerprint density at radius 3 is 2.92 bits per heavy atom. The molecule has 0 N–H and O–H groups in total. The van der Waals surface area contributed by atoms with E-state index in [4.69, 9.17) is 4.74 Å². The van der Waals surface area contributed by atoms with Gasteiger partial charge in [0.05, 0.1) is 18.2 Å². The minimum absolute atomic E-state index is 0.0181. The van der Waals surface area contributed by atoms with Gasteiger partial charge in [0.25, 0.3) is 0 Å². The fraction of sp³-hybridized carbons (Fsp3) is 0.739. The number of fused-ring (bicyclic) bond motifs is 8. The third-order valence-corrected chi connectivity index (χ3v) is 9.30. The molecule has 138 valence electrons. The predicted octanol–water partition coefficient (Wildman–Crippen LogP) is 5.19. The van der Waals surface area contributed by atoms with E-state index in [-0.39, 0.29) is 11.6 Å². The third kappa shape index (κ3) is 1.70. The quantitative estimate of drug-likeness (QED) is 0.482. The van der Waals surface area contributed by atoms with Crippen LogP contribution >= 0.6 is 0 Å². The van der Waals surface area contributed by atoms with E-state index < -0.39 is 0 Å². The molecule has 3 fully saturated rings. The van der Waals surface area contributed by atoms with Crippen molar-refractivity contribution in [2.24, 2.45) is 40.2 Å². The standard InChI is InChI=1S/C23H29NO2/c1-13-10-18-16(15-5-4-14(24-25)11-17(13)15)6-8-22(2)21(18)19-12-20(19)23(22)7-3-9-26-23/h3,7,14,16,18-21H,1,4-6,8-12H2,2H3/t14?,16?,18?,19?,20?,21?,22-,23-/m0/s1. The first kappa shape index (κ1) is 15.8. The summed E-state index contributed by atoms with van der Waals surface area (Å²) in [6.45, 7) is 7.82. The number of allylic oxidation sites excluding steroid dienone is 2. The van der Waals surface area contributed by atoms with E-state index in [1.54, 1.807) is 5.57 Å². The van der Waals surface area contributed by atoms with Crippen LogP contribution in [0.1, 0.15) is 51.9 Å². The number of nitrogens with zero attached hydrogens (tertiary/aromatic N) is 1. The van der Waals surface area contributed by atoms with Gasteiger partial charge in [0, 0.05) is 5.41 Å². The highest BCUT2D eigenvalue weighted by Gasteiger charge is 2.76. The SMILES string of the molecule is C=C1CC2C(CC[C@@]3(C)C2C2CC2[C@@]32C=CCO2)C2=C1CC(N=O)CC2. The Balaban J connectivity index is 1.40. The summed E-state index contributed by atoms with van der Waals surface area (Å²) in [5.41, 5.74) is 4.74. The first-order valence-electron chi connectivity index (χ1n) is 10.6. The van der Waals surface area contributed by atoms with Crippen molar-refractivity contribution in [2.75, 3.05) is 6.61 Å². The third-order valence-electron chi connectivity index (χ3n) is 9.30. The lowest BCUT2D eigenvalue weighted by Gasteiger charge is -2.56. The summed E-state index contributed by atoms with van der Waals surface area (Å²) < 4.78 is 6.48. The number of hydrogen-bond acceptors (Lipinski definition) is 3. The Bertz CT molecular complexity index is 766. The lowest BCUT2D eigenvalue weighted by molar-refractivity contribution is -0.120. The molecule has 1 heterocycles. The van der Waals surface area contributed by atoms with Gasteiger partial charge >= 0.3 is 0 Å². The zero-order chi connectivity index (χ0) is 17.7. The molecule has 1 spiro atoms. The Labute approximate surface area is 155 Å². The summed E-state index contributed by atoms with van der Waals surface area (Å²) in [5, 5.41) is 3.36. The van der Waals surface area contributed by atoms with Gasteiger partial charge in [-0.3, -0.25) is 0 Å². The lowest BCUT2D eigenvalue weighted by atomic mass is 9.50. The molecule has 26 heavy (non-hydrogen) atoms. The van der Waals surface area contributed by atoms with Crippen LogP contribution in [0.25, 0.3) is 0 Å². The van der Waals surface area contributed by atoms with Crippen LogP contribution in [0.5, 0.6) is 0 Å². The molecule has 3 heteroatoms. The number of hydrogen-bond donors (Lipinski definition) is 0. The number of rotatable bonds is 1. The molecular weight excluding hydrogens is 322 g/mol. The summed E-state index contributed by atoms with van der Waals surface area (Å²) in [4.78, 5) is 11.1. The summed E-state index contributed by atoms with van der Waals surface area (Å²) in [6.07, 6.45) is 12.7. The molecule has 0 aromatic carbocycles. The Morgan fingerprint density at radius 2 is 2.15 bits per heavy atom. The molecule has 6 aliphatic rings. The first-order chi connectivity index (χ1) is 12.6. The maximum atomic E-state index is 11.1. The van der Waals surface area contributed by atoms with Gasteiger partial charge in [-0.05, 0) is 80.1 Å². The van der Waals surface area contributed by atoms with E-state index in [2.05, 4.69) is 30.8 Å². The molecule has 0 bridgehead atoms. The van der Waals surface area contributed by atoms with E-state index in [9.17, 15) is 4.91 Å². The monoisotopic (exact) mass is 351 g/mol. The fourth-order valence-corrected chi connectivity index (χ4v) is 8.30. The van der Waals surface area contributed by atoms with Crippen molar-refractivity contribution in [3.05, 3.63) is 40.4 Å². The molecule has 6 rings (SSSR count). The second-order valence-electron chi connectivity index (χ2n) is 10.1. The molecule has 0 saturated heterocycles. The van der Waals surface area contributed by atoms with Crippen molar-refractivity contribution in [3.8, 4) is 0 Å². The van der Waals surface area contributed by atoms with Crippen molar-refractivity contribution in [1.29, 1.82) is 0 Å². The summed E-state index contributed by atoms with van der Waals surface area (Å²) in [5.74, 6) is 3.87. The van der Waals surface area contributed by atoms with Crippen molar-refractivity contribution in [3.63, 3.8) is 0 Å². The van der Waals surface area contributed by atoms with Crippen LogP contribution in [-0.2, 0) is 4.74 Å². The predicted molar refractivity (Wildman–Crippen MR) is 101 cm³/mol. The van der Waals surface area contributed by atoms with Crippen LogP contribution in [0.2, 0.25) is 0 Å². The van der Waals surface area contributed by atoms with Crippen molar-refractivity contribution < 1.29 is 4.74 Å². The van der Waals surface area contributed by atoms with Gasteiger partial charge in [0.1, 0.15) is 0 Å². The Hall–Kier alpha value is -1.22. The van der Waals surface area contributed by atoms with E-state index in [0.717, 1.165) is 61.9 Å². The van der Waals surface area contributed by atoms with Gasteiger partial charge in [0.2, 0.25) is 0 Å². The molecule has 8 atom stereocenters. The molecule has 0 radical (unpaired) electrons. The average Bonchev–Trinajstić information content (AvgIpc) is 3.20. The molecule has 1 aliphatic heterocycles. The zero-order valence-corrected chi connectivity index (χ0v) is 15.7. The molecule has 3 saturated carbocycles. The Morgan fingerprint density at radius 1 is 1.27 bits per heavy atom. The van der Waals surface area contributed by atoms with Crippen molar-refractivity contribution >= 4 is 0 Å². The van der Waals surface area contributed by atoms with Crippen LogP contribution in [0, 0.1) is 39.9 Å². The van der Waals surface area contributed by atoms with E-state index in [1.807, 2.05) is 0 Å².